The first kappa shape index (κ1) is 15.4. The summed E-state index contributed by atoms with van der Waals surface area (Å²) in [4.78, 5) is 25.6. The predicted octanol–water partition coefficient (Wildman–Crippen LogP) is 4.18. The van der Waals surface area contributed by atoms with E-state index in [0.717, 1.165) is 22.8 Å². The van der Waals surface area contributed by atoms with Crippen LogP contribution in [0.4, 0.5) is 4.39 Å². The second kappa shape index (κ2) is 6.34. The molecule has 2 heterocycles. The summed E-state index contributed by atoms with van der Waals surface area (Å²) in [5.41, 5.74) is 2.49. The van der Waals surface area contributed by atoms with Gasteiger partial charge in [-0.05, 0) is 41.6 Å². The topological polar surface area (TPSA) is 70.2 Å². The minimum Gasteiger partial charge on any atom is -0.481 e. The predicted molar refractivity (Wildman–Crippen MR) is 87.2 cm³/mol. The van der Waals surface area contributed by atoms with Gasteiger partial charge in [0.15, 0.2) is 0 Å². The number of aldehydes is 1. The van der Waals surface area contributed by atoms with Gasteiger partial charge in [-0.1, -0.05) is 0 Å². The summed E-state index contributed by atoms with van der Waals surface area (Å²) in [6.07, 6.45) is 3.03. The number of aliphatic carboxylic acids is 1. The summed E-state index contributed by atoms with van der Waals surface area (Å²) < 4.78 is 13.3. The van der Waals surface area contributed by atoms with Gasteiger partial charge in [0.25, 0.3) is 0 Å². The van der Waals surface area contributed by atoms with E-state index < -0.39 is 11.9 Å². The third-order valence-electron chi connectivity index (χ3n) is 3.79. The van der Waals surface area contributed by atoms with Gasteiger partial charge in [-0.15, -0.1) is 11.3 Å². The molecule has 0 spiro atoms. The normalized spacial score (nSPS) is 12.4. The van der Waals surface area contributed by atoms with Crippen molar-refractivity contribution < 1.29 is 19.1 Å². The highest BCUT2D eigenvalue weighted by atomic mass is 32.1. The van der Waals surface area contributed by atoms with Gasteiger partial charge in [0, 0.05) is 34.0 Å². The number of hydrogen-bond acceptors (Lipinski definition) is 3. The molecule has 1 aromatic carbocycles. The quantitative estimate of drug-likeness (QED) is 0.666. The number of benzene rings is 1. The van der Waals surface area contributed by atoms with Gasteiger partial charge in [0.1, 0.15) is 12.1 Å². The lowest BCUT2D eigenvalue weighted by Gasteiger charge is -2.07. The average Bonchev–Trinajstić information content (AvgIpc) is 3.13. The van der Waals surface area contributed by atoms with E-state index in [-0.39, 0.29) is 18.7 Å². The number of aromatic amines is 1. The smallest absolute Gasteiger partial charge is 0.311 e. The van der Waals surface area contributed by atoms with Crippen molar-refractivity contribution in [3.8, 4) is 11.1 Å². The van der Waals surface area contributed by atoms with Gasteiger partial charge in [0.2, 0.25) is 0 Å². The molecule has 0 radical (unpaired) electrons. The number of nitrogens with one attached hydrogen (secondary N) is 1. The zero-order chi connectivity index (χ0) is 16.4. The molecule has 1 unspecified atom stereocenters. The summed E-state index contributed by atoms with van der Waals surface area (Å²) in [7, 11) is 0. The van der Waals surface area contributed by atoms with Crippen LogP contribution in [0, 0.1) is 5.82 Å². The van der Waals surface area contributed by atoms with Crippen molar-refractivity contribution in [2.75, 3.05) is 0 Å². The number of hydrogen-bond donors (Lipinski definition) is 2. The third-order valence-corrected chi connectivity index (χ3v) is 4.84. The number of fused-ring (bicyclic) bond motifs is 1. The SMILES string of the molecule is O=CCCC(C(=O)O)c1cc(-c2c[nH]c3cc(F)ccc23)cs1. The van der Waals surface area contributed by atoms with E-state index in [9.17, 15) is 19.1 Å². The standard InChI is InChI=1S/C17H14FNO3S/c18-11-3-4-12-14(8-19-15(12)7-11)10-6-16(23-9-10)13(17(21)22)2-1-5-20/h3-9,13,19H,1-2H2,(H,21,22). The molecule has 23 heavy (non-hydrogen) atoms. The van der Waals surface area contributed by atoms with Gasteiger partial charge >= 0.3 is 5.97 Å². The van der Waals surface area contributed by atoms with E-state index in [1.54, 1.807) is 12.3 Å². The van der Waals surface area contributed by atoms with E-state index in [2.05, 4.69) is 4.98 Å². The Morgan fingerprint density at radius 1 is 1.39 bits per heavy atom. The fraction of sp³-hybridized carbons (Fsp3) is 0.176. The van der Waals surface area contributed by atoms with Crippen LogP contribution >= 0.6 is 11.3 Å². The van der Waals surface area contributed by atoms with Crippen LogP contribution in [0.15, 0.2) is 35.8 Å². The highest BCUT2D eigenvalue weighted by molar-refractivity contribution is 7.10. The Balaban J connectivity index is 1.96. The van der Waals surface area contributed by atoms with Crippen LogP contribution in [-0.4, -0.2) is 22.3 Å². The highest BCUT2D eigenvalue weighted by Crippen LogP contribution is 2.35. The van der Waals surface area contributed by atoms with Crippen LogP contribution in [-0.2, 0) is 9.59 Å². The summed E-state index contributed by atoms with van der Waals surface area (Å²) in [5.74, 6) is -1.92. The van der Waals surface area contributed by atoms with Crippen LogP contribution in [0.5, 0.6) is 0 Å². The van der Waals surface area contributed by atoms with Gasteiger partial charge in [-0.25, -0.2) is 4.39 Å². The van der Waals surface area contributed by atoms with Gasteiger partial charge in [-0.3, -0.25) is 4.79 Å². The second-order valence-electron chi connectivity index (χ2n) is 5.26. The molecule has 118 valence electrons. The molecule has 0 bridgehead atoms. The monoisotopic (exact) mass is 331 g/mol. The average molecular weight is 331 g/mol. The number of H-pyrrole nitrogens is 1. The molecule has 0 aliphatic carbocycles. The minimum atomic E-state index is -0.929. The van der Waals surface area contributed by atoms with Crippen LogP contribution in [0.2, 0.25) is 0 Å². The lowest BCUT2D eigenvalue weighted by molar-refractivity contribution is -0.138. The fourth-order valence-electron chi connectivity index (χ4n) is 2.64. The lowest BCUT2D eigenvalue weighted by atomic mass is 10.00. The Kier molecular flexibility index (Phi) is 4.25. The molecule has 1 atom stereocenters. The van der Waals surface area contributed by atoms with Crippen molar-refractivity contribution in [3.63, 3.8) is 0 Å². The van der Waals surface area contributed by atoms with Crippen molar-refractivity contribution in [1.29, 1.82) is 0 Å². The largest absolute Gasteiger partial charge is 0.481 e. The number of rotatable bonds is 6. The maximum Gasteiger partial charge on any atom is 0.311 e. The third kappa shape index (κ3) is 3.03. The first-order valence-corrected chi connectivity index (χ1v) is 8.00. The van der Waals surface area contributed by atoms with E-state index in [0.29, 0.717) is 10.4 Å². The molecule has 2 aromatic heterocycles. The summed E-state index contributed by atoms with van der Waals surface area (Å²) in [5, 5.41) is 12.1. The number of halogens is 1. The maximum atomic E-state index is 13.3. The van der Waals surface area contributed by atoms with Crippen LogP contribution < -0.4 is 0 Å². The lowest BCUT2D eigenvalue weighted by Crippen LogP contribution is -2.10. The number of aromatic nitrogens is 1. The molecule has 2 N–H and O–H groups in total. The Bertz CT molecular complexity index is 868. The molecular weight excluding hydrogens is 317 g/mol. The fourth-order valence-corrected chi connectivity index (χ4v) is 3.67. The number of carbonyl (C=O) groups excluding carboxylic acids is 1. The maximum absolute atomic E-state index is 13.3. The van der Waals surface area contributed by atoms with Crippen molar-refractivity contribution in [1.82, 2.24) is 4.98 Å². The number of carbonyl (C=O) groups is 2. The molecule has 0 saturated heterocycles. The first-order chi connectivity index (χ1) is 11.1. The van der Waals surface area contributed by atoms with Crippen LogP contribution in [0.1, 0.15) is 23.6 Å². The molecular formula is C17H14FNO3S. The number of carboxylic acids is 1. The molecule has 3 rings (SSSR count). The van der Waals surface area contributed by atoms with E-state index in [1.165, 1.54) is 23.5 Å². The summed E-state index contributed by atoms with van der Waals surface area (Å²) in [6, 6.07) is 6.36. The van der Waals surface area contributed by atoms with Gasteiger partial charge < -0.3 is 14.9 Å². The molecule has 6 heteroatoms. The van der Waals surface area contributed by atoms with Crippen molar-refractivity contribution in [2.45, 2.75) is 18.8 Å². The molecule has 0 aliphatic heterocycles. The number of thiophene rings is 1. The summed E-state index contributed by atoms with van der Waals surface area (Å²) >= 11 is 1.36. The molecule has 0 aliphatic rings. The molecule has 0 amide bonds. The number of carboxylic acid groups (broad SMARTS) is 1. The molecule has 0 saturated carbocycles. The second-order valence-corrected chi connectivity index (χ2v) is 6.21. The molecule has 0 fully saturated rings. The van der Waals surface area contributed by atoms with Crippen molar-refractivity contribution >= 4 is 34.5 Å². The first-order valence-electron chi connectivity index (χ1n) is 7.12. The zero-order valence-electron chi connectivity index (χ0n) is 12.1. The Morgan fingerprint density at radius 2 is 2.22 bits per heavy atom. The van der Waals surface area contributed by atoms with E-state index in [4.69, 9.17) is 0 Å². The van der Waals surface area contributed by atoms with Crippen molar-refractivity contribution in [2.24, 2.45) is 0 Å². The van der Waals surface area contributed by atoms with Gasteiger partial charge in [-0.2, -0.15) is 0 Å². The Hall–Kier alpha value is -2.47. The van der Waals surface area contributed by atoms with E-state index in [1.807, 2.05) is 11.4 Å². The zero-order valence-corrected chi connectivity index (χ0v) is 12.9. The highest BCUT2D eigenvalue weighted by Gasteiger charge is 2.22. The Labute approximate surface area is 135 Å². The molecule has 3 aromatic rings. The van der Waals surface area contributed by atoms with Crippen molar-refractivity contribution in [3.05, 3.63) is 46.5 Å². The van der Waals surface area contributed by atoms with Gasteiger partial charge in [0.05, 0.1) is 5.92 Å². The Morgan fingerprint density at radius 3 is 2.96 bits per heavy atom. The molecule has 4 nitrogen and oxygen atoms in total. The summed E-state index contributed by atoms with van der Waals surface area (Å²) in [6.45, 7) is 0. The van der Waals surface area contributed by atoms with Crippen LogP contribution in [0.3, 0.4) is 0 Å². The van der Waals surface area contributed by atoms with E-state index >= 15 is 0 Å². The van der Waals surface area contributed by atoms with Crippen LogP contribution in [0.25, 0.3) is 22.0 Å². The minimum absolute atomic E-state index is 0.219.